The smallest absolute Gasteiger partial charge is 0.227 e. The van der Waals surface area contributed by atoms with Crippen molar-refractivity contribution in [2.45, 2.75) is 33.2 Å². The maximum Gasteiger partial charge on any atom is 0.227 e. The third-order valence-corrected chi connectivity index (χ3v) is 4.63. The molecule has 30 heavy (non-hydrogen) atoms. The lowest BCUT2D eigenvalue weighted by Gasteiger charge is -2.24. The number of anilines is 1. The first kappa shape index (κ1) is 23.5. The highest BCUT2D eigenvalue weighted by Crippen LogP contribution is 2.21. The third kappa shape index (κ3) is 7.95. The third-order valence-electron chi connectivity index (χ3n) is 4.63. The molecule has 0 bridgehead atoms. The Morgan fingerprint density at radius 1 is 0.967 bits per heavy atom. The summed E-state index contributed by atoms with van der Waals surface area (Å²) in [7, 11) is 3.92. The summed E-state index contributed by atoms with van der Waals surface area (Å²) in [4.78, 5) is 28.7. The van der Waals surface area contributed by atoms with Gasteiger partial charge in [-0.25, -0.2) is 4.39 Å². The molecule has 6 heteroatoms. The Kier molecular flexibility index (Phi) is 8.99. The van der Waals surface area contributed by atoms with E-state index in [1.54, 1.807) is 17.0 Å². The SMILES string of the molecule is CC(C)CC(=O)N(Cc1ccc(F)cc1)c1ccc(CC(=O)NCCN(C)C)cc1. The molecule has 0 aliphatic heterocycles. The minimum Gasteiger partial charge on any atom is -0.355 e. The number of carbonyl (C=O) groups is 2. The molecule has 0 spiro atoms. The molecule has 5 nitrogen and oxygen atoms in total. The van der Waals surface area contributed by atoms with Crippen LogP contribution < -0.4 is 10.2 Å². The summed E-state index contributed by atoms with van der Waals surface area (Å²) in [6, 6.07) is 13.7. The van der Waals surface area contributed by atoms with Crippen LogP contribution in [0.1, 0.15) is 31.4 Å². The summed E-state index contributed by atoms with van der Waals surface area (Å²) in [6.07, 6.45) is 0.725. The Hall–Kier alpha value is -2.73. The number of carbonyl (C=O) groups excluding carboxylic acids is 2. The van der Waals surface area contributed by atoms with Crippen LogP contribution in [0, 0.1) is 11.7 Å². The minimum atomic E-state index is -0.299. The lowest BCUT2D eigenvalue weighted by atomic mass is 10.1. The first-order valence-electron chi connectivity index (χ1n) is 10.3. The fraction of sp³-hybridized carbons (Fsp3) is 0.417. The topological polar surface area (TPSA) is 52.7 Å². The molecule has 0 aromatic heterocycles. The van der Waals surface area contributed by atoms with Crippen molar-refractivity contribution in [3.63, 3.8) is 0 Å². The molecule has 2 aromatic carbocycles. The number of hydrogen-bond acceptors (Lipinski definition) is 3. The number of halogens is 1. The summed E-state index contributed by atoms with van der Waals surface area (Å²) in [6.45, 7) is 5.79. The molecule has 1 N–H and O–H groups in total. The predicted octanol–water partition coefficient (Wildman–Crippen LogP) is 3.63. The lowest BCUT2D eigenvalue weighted by molar-refractivity contribution is -0.120. The molecule has 0 saturated carbocycles. The minimum absolute atomic E-state index is 0.0171. The zero-order valence-electron chi connectivity index (χ0n) is 18.3. The molecule has 0 aliphatic rings. The van der Waals surface area contributed by atoms with Crippen LogP contribution in [0.25, 0.3) is 0 Å². The number of nitrogens with zero attached hydrogens (tertiary/aromatic N) is 2. The highest BCUT2D eigenvalue weighted by atomic mass is 19.1. The van der Waals surface area contributed by atoms with E-state index in [0.29, 0.717) is 25.9 Å². The number of nitrogens with one attached hydrogen (secondary N) is 1. The maximum atomic E-state index is 13.2. The van der Waals surface area contributed by atoms with Gasteiger partial charge in [0, 0.05) is 25.2 Å². The van der Waals surface area contributed by atoms with Crippen molar-refractivity contribution in [2.24, 2.45) is 5.92 Å². The van der Waals surface area contributed by atoms with Gasteiger partial charge in [0.25, 0.3) is 0 Å². The van der Waals surface area contributed by atoms with Crippen LogP contribution in [0.15, 0.2) is 48.5 Å². The van der Waals surface area contributed by atoms with Crippen molar-refractivity contribution in [2.75, 3.05) is 32.1 Å². The maximum absolute atomic E-state index is 13.2. The molecule has 0 aliphatic carbocycles. The number of likely N-dealkylation sites (N-methyl/N-ethyl adjacent to an activating group) is 1. The molecular weight excluding hydrogens is 381 g/mol. The van der Waals surface area contributed by atoms with Gasteiger partial charge in [-0.1, -0.05) is 38.1 Å². The number of benzene rings is 2. The molecule has 2 rings (SSSR count). The van der Waals surface area contributed by atoms with Crippen LogP contribution in [-0.4, -0.2) is 43.9 Å². The van der Waals surface area contributed by atoms with Gasteiger partial charge in [-0.3, -0.25) is 9.59 Å². The van der Waals surface area contributed by atoms with Crippen molar-refractivity contribution in [1.29, 1.82) is 0 Å². The summed E-state index contributed by atoms with van der Waals surface area (Å²) in [5.41, 5.74) is 2.51. The molecule has 2 amide bonds. The molecule has 0 heterocycles. The van der Waals surface area contributed by atoms with Crippen LogP contribution in [-0.2, 0) is 22.6 Å². The Balaban J connectivity index is 2.09. The van der Waals surface area contributed by atoms with Gasteiger partial charge in [0.1, 0.15) is 5.82 Å². The molecule has 0 unspecified atom stereocenters. The quantitative estimate of drug-likeness (QED) is 0.647. The first-order chi connectivity index (χ1) is 14.2. The summed E-state index contributed by atoms with van der Waals surface area (Å²) < 4.78 is 13.2. The van der Waals surface area contributed by atoms with E-state index in [1.807, 2.05) is 57.1 Å². The summed E-state index contributed by atoms with van der Waals surface area (Å²) >= 11 is 0. The van der Waals surface area contributed by atoms with Gasteiger partial charge in [0.05, 0.1) is 13.0 Å². The van der Waals surface area contributed by atoms with Crippen molar-refractivity contribution >= 4 is 17.5 Å². The second kappa shape index (κ2) is 11.5. The second-order valence-corrected chi connectivity index (χ2v) is 8.20. The zero-order chi connectivity index (χ0) is 22.1. The van der Waals surface area contributed by atoms with Crippen LogP contribution in [0.4, 0.5) is 10.1 Å². The van der Waals surface area contributed by atoms with E-state index in [1.165, 1.54) is 12.1 Å². The number of hydrogen-bond donors (Lipinski definition) is 1. The molecule has 0 fully saturated rings. The Bertz CT molecular complexity index is 817. The molecule has 0 atom stereocenters. The van der Waals surface area contributed by atoms with Gasteiger partial charge in [-0.15, -0.1) is 0 Å². The van der Waals surface area contributed by atoms with E-state index in [-0.39, 0.29) is 23.5 Å². The van der Waals surface area contributed by atoms with Crippen molar-refractivity contribution in [1.82, 2.24) is 10.2 Å². The van der Waals surface area contributed by atoms with E-state index in [2.05, 4.69) is 5.32 Å². The molecule has 162 valence electrons. The van der Waals surface area contributed by atoms with Crippen LogP contribution >= 0.6 is 0 Å². The first-order valence-corrected chi connectivity index (χ1v) is 10.3. The Morgan fingerprint density at radius 3 is 2.13 bits per heavy atom. The van der Waals surface area contributed by atoms with E-state index in [4.69, 9.17) is 0 Å². The highest BCUT2D eigenvalue weighted by molar-refractivity contribution is 5.93. The van der Waals surface area contributed by atoms with Gasteiger partial charge in [-0.05, 0) is 55.4 Å². The van der Waals surface area contributed by atoms with Crippen molar-refractivity contribution in [3.05, 3.63) is 65.5 Å². The lowest BCUT2D eigenvalue weighted by Crippen LogP contribution is -2.32. The van der Waals surface area contributed by atoms with Gasteiger partial charge in [0.2, 0.25) is 11.8 Å². The van der Waals surface area contributed by atoms with E-state index in [0.717, 1.165) is 23.4 Å². The average molecular weight is 414 g/mol. The van der Waals surface area contributed by atoms with Crippen molar-refractivity contribution in [3.8, 4) is 0 Å². The average Bonchev–Trinajstić information content (AvgIpc) is 2.67. The van der Waals surface area contributed by atoms with Gasteiger partial charge in [0.15, 0.2) is 0 Å². The van der Waals surface area contributed by atoms with Crippen LogP contribution in [0.3, 0.4) is 0 Å². The van der Waals surface area contributed by atoms with Gasteiger partial charge >= 0.3 is 0 Å². The fourth-order valence-corrected chi connectivity index (χ4v) is 3.02. The number of amides is 2. The Labute approximate surface area is 178 Å². The summed E-state index contributed by atoms with van der Waals surface area (Å²) in [5, 5.41) is 2.90. The fourth-order valence-electron chi connectivity index (χ4n) is 3.02. The van der Waals surface area contributed by atoms with Gasteiger partial charge < -0.3 is 15.1 Å². The highest BCUT2D eigenvalue weighted by Gasteiger charge is 2.18. The molecular formula is C24H32FN3O2. The predicted molar refractivity (Wildman–Crippen MR) is 119 cm³/mol. The zero-order valence-corrected chi connectivity index (χ0v) is 18.3. The second-order valence-electron chi connectivity index (χ2n) is 8.20. The van der Waals surface area contributed by atoms with Crippen molar-refractivity contribution < 1.29 is 14.0 Å². The van der Waals surface area contributed by atoms with Gasteiger partial charge in [-0.2, -0.15) is 0 Å². The molecule has 0 radical (unpaired) electrons. The van der Waals surface area contributed by atoms with Crippen LogP contribution in [0.2, 0.25) is 0 Å². The largest absolute Gasteiger partial charge is 0.355 e. The monoisotopic (exact) mass is 413 g/mol. The van der Waals surface area contributed by atoms with E-state index < -0.39 is 0 Å². The van der Waals surface area contributed by atoms with E-state index in [9.17, 15) is 14.0 Å². The molecule has 0 saturated heterocycles. The summed E-state index contributed by atoms with van der Waals surface area (Å²) in [5.74, 6) is -0.0717. The number of rotatable bonds is 10. The van der Waals surface area contributed by atoms with E-state index >= 15 is 0 Å². The normalized spacial score (nSPS) is 11.0. The standard InChI is InChI=1S/C24H32FN3O2/c1-18(2)15-24(30)28(17-20-5-9-21(25)10-6-20)22-11-7-19(8-12-22)16-23(29)26-13-14-27(3)4/h5-12,18H,13-17H2,1-4H3,(H,26,29). The van der Waals surface area contributed by atoms with Crippen LogP contribution in [0.5, 0.6) is 0 Å². The Morgan fingerprint density at radius 2 is 1.57 bits per heavy atom. The molecule has 2 aromatic rings.